The number of hydrogen-bond donors (Lipinski definition) is 1. The van der Waals surface area contributed by atoms with Crippen molar-refractivity contribution < 1.29 is 35.9 Å². The normalized spacial score (nSPS) is 11.6. The first-order valence-electron chi connectivity index (χ1n) is 13.0. The van der Waals surface area contributed by atoms with Gasteiger partial charge in [-0.1, -0.05) is 91.0 Å². The van der Waals surface area contributed by atoms with Gasteiger partial charge in [0.25, 0.3) is 10.0 Å². The van der Waals surface area contributed by atoms with E-state index in [1.807, 2.05) is 60.7 Å². The van der Waals surface area contributed by atoms with Gasteiger partial charge in [0, 0.05) is 0 Å². The fraction of sp³-hybridized carbons (Fsp3) is 0.0606. The first kappa shape index (κ1) is 29.4. The Morgan fingerprint density at radius 2 is 1.21 bits per heavy atom. The fourth-order valence-electron chi connectivity index (χ4n) is 4.28. The van der Waals surface area contributed by atoms with E-state index in [0.29, 0.717) is 6.07 Å². The summed E-state index contributed by atoms with van der Waals surface area (Å²) in [5.74, 6) is -1.06. The molecule has 218 valence electrons. The molecule has 0 unspecified atom stereocenters. The van der Waals surface area contributed by atoms with Crippen LogP contribution in [-0.2, 0) is 20.9 Å². The minimum absolute atomic E-state index is 0.0175. The molecule has 0 saturated carbocycles. The second-order valence-electron chi connectivity index (χ2n) is 9.33. The zero-order valence-corrected chi connectivity index (χ0v) is 23.2. The van der Waals surface area contributed by atoms with Gasteiger partial charge >= 0.3 is 12.1 Å². The number of sulfonamides is 1. The lowest BCUT2D eigenvalue weighted by molar-refractivity contribution is -0.137. The average molecular weight is 604 g/mol. The van der Waals surface area contributed by atoms with E-state index in [1.165, 1.54) is 36.4 Å². The summed E-state index contributed by atoms with van der Waals surface area (Å²) in [4.78, 5) is 13.4. The molecule has 0 aliphatic rings. The molecule has 5 aromatic carbocycles. The number of hydrogen-bond acceptors (Lipinski definition) is 5. The fourth-order valence-corrected chi connectivity index (χ4v) is 5.36. The Morgan fingerprint density at radius 1 is 0.674 bits per heavy atom. The number of anilines is 1. The summed E-state index contributed by atoms with van der Waals surface area (Å²) in [7, 11) is -4.28. The highest BCUT2D eigenvalue weighted by atomic mass is 32.2. The standard InChI is InChI=1S/C33H24F3NO5S/c34-33(35,36)25-20-21-30(28(22-25)37-43(39,40)26-16-8-3-9-17-26)41-29-19-11-10-18-27(29)32(38)42-31(23-12-4-1-5-13-23)24-14-6-2-7-15-24/h1-22,31,37H. The van der Waals surface area contributed by atoms with Crippen LogP contribution in [0.3, 0.4) is 0 Å². The summed E-state index contributed by atoms with van der Waals surface area (Å²) < 4.78 is 80.8. The number of alkyl halides is 3. The van der Waals surface area contributed by atoms with Gasteiger partial charge in [0.2, 0.25) is 0 Å². The van der Waals surface area contributed by atoms with Crippen molar-refractivity contribution in [1.29, 1.82) is 0 Å². The molecule has 0 amide bonds. The number of halogens is 3. The van der Waals surface area contributed by atoms with Crippen molar-refractivity contribution in [2.24, 2.45) is 0 Å². The molecule has 0 spiro atoms. The molecule has 0 aliphatic heterocycles. The van der Waals surface area contributed by atoms with Crippen LogP contribution < -0.4 is 9.46 Å². The zero-order chi connectivity index (χ0) is 30.5. The van der Waals surface area contributed by atoms with Crippen molar-refractivity contribution in [3.8, 4) is 11.5 Å². The van der Waals surface area contributed by atoms with Gasteiger partial charge in [-0.05, 0) is 53.6 Å². The maximum Gasteiger partial charge on any atom is 0.416 e. The van der Waals surface area contributed by atoms with E-state index in [1.54, 1.807) is 18.2 Å². The highest BCUT2D eigenvalue weighted by molar-refractivity contribution is 7.92. The molecule has 0 heterocycles. The van der Waals surface area contributed by atoms with Crippen molar-refractivity contribution in [1.82, 2.24) is 0 Å². The number of rotatable bonds is 9. The molecule has 5 rings (SSSR count). The zero-order valence-electron chi connectivity index (χ0n) is 22.4. The summed E-state index contributed by atoms with van der Waals surface area (Å²) in [6.07, 6.45) is -5.51. The summed E-state index contributed by atoms with van der Waals surface area (Å²) in [6.45, 7) is 0. The molecule has 6 nitrogen and oxygen atoms in total. The van der Waals surface area contributed by atoms with Crippen LogP contribution in [0, 0.1) is 0 Å². The summed E-state index contributed by atoms with van der Waals surface area (Å²) in [5.41, 5.74) is -0.127. The smallest absolute Gasteiger partial charge is 0.416 e. The lowest BCUT2D eigenvalue weighted by atomic mass is 10.0. The first-order chi connectivity index (χ1) is 20.6. The van der Waals surface area contributed by atoms with Crippen LogP contribution in [0.25, 0.3) is 0 Å². The Labute approximate surface area is 246 Å². The summed E-state index contributed by atoms with van der Waals surface area (Å²) in [6, 6.07) is 33.8. The molecule has 0 fully saturated rings. The van der Waals surface area contributed by atoms with Gasteiger partial charge in [0.15, 0.2) is 11.9 Å². The van der Waals surface area contributed by atoms with Crippen LogP contribution in [0.5, 0.6) is 11.5 Å². The number of nitrogens with one attached hydrogen (secondary N) is 1. The van der Waals surface area contributed by atoms with Gasteiger partial charge in [-0.15, -0.1) is 0 Å². The van der Waals surface area contributed by atoms with Crippen LogP contribution >= 0.6 is 0 Å². The third kappa shape index (κ3) is 7.04. The number of carbonyl (C=O) groups excluding carboxylic acids is 1. The SMILES string of the molecule is O=C(OC(c1ccccc1)c1ccccc1)c1ccccc1Oc1ccc(C(F)(F)F)cc1NS(=O)(=O)c1ccccc1. The van der Waals surface area contributed by atoms with E-state index >= 15 is 0 Å². The quantitative estimate of drug-likeness (QED) is 0.172. The van der Waals surface area contributed by atoms with Gasteiger partial charge in [0.1, 0.15) is 11.3 Å². The van der Waals surface area contributed by atoms with Crippen molar-refractivity contribution in [3.63, 3.8) is 0 Å². The Kier molecular flexibility index (Phi) is 8.49. The molecule has 0 bridgehead atoms. The summed E-state index contributed by atoms with van der Waals surface area (Å²) >= 11 is 0. The van der Waals surface area contributed by atoms with Gasteiger partial charge in [-0.2, -0.15) is 13.2 Å². The molecule has 5 aromatic rings. The van der Waals surface area contributed by atoms with Crippen molar-refractivity contribution in [3.05, 3.63) is 156 Å². The molecule has 43 heavy (non-hydrogen) atoms. The number of benzene rings is 5. The van der Waals surface area contributed by atoms with Crippen LogP contribution in [-0.4, -0.2) is 14.4 Å². The van der Waals surface area contributed by atoms with E-state index in [2.05, 4.69) is 4.72 Å². The second kappa shape index (κ2) is 12.4. The van der Waals surface area contributed by atoms with E-state index < -0.39 is 39.5 Å². The third-order valence-corrected chi connectivity index (χ3v) is 7.74. The predicted octanol–water partition coefficient (Wildman–Crippen LogP) is 8.24. The van der Waals surface area contributed by atoms with Gasteiger partial charge in [-0.3, -0.25) is 4.72 Å². The van der Waals surface area contributed by atoms with Crippen LogP contribution in [0.1, 0.15) is 33.2 Å². The molecule has 10 heteroatoms. The molecule has 0 radical (unpaired) electrons. The molecule has 1 N–H and O–H groups in total. The average Bonchev–Trinajstić information content (AvgIpc) is 3.01. The van der Waals surface area contributed by atoms with E-state index in [-0.39, 0.29) is 22.0 Å². The van der Waals surface area contributed by atoms with Gasteiger partial charge in [-0.25, -0.2) is 13.2 Å². The Bertz CT molecular complexity index is 1780. The molecule has 0 saturated heterocycles. The summed E-state index contributed by atoms with van der Waals surface area (Å²) in [5, 5.41) is 0. The van der Waals surface area contributed by atoms with Crippen molar-refractivity contribution >= 4 is 21.7 Å². The topological polar surface area (TPSA) is 81.7 Å². The Hall–Kier alpha value is -5.09. The number of esters is 1. The van der Waals surface area contributed by atoms with E-state index in [4.69, 9.17) is 9.47 Å². The molecule has 0 atom stereocenters. The maximum absolute atomic E-state index is 13.6. The monoisotopic (exact) mass is 603 g/mol. The lowest BCUT2D eigenvalue weighted by Crippen LogP contribution is -2.15. The lowest BCUT2D eigenvalue weighted by Gasteiger charge is -2.20. The number of carbonyl (C=O) groups is 1. The van der Waals surface area contributed by atoms with E-state index in [9.17, 15) is 26.4 Å². The largest absolute Gasteiger partial charge is 0.454 e. The van der Waals surface area contributed by atoms with E-state index in [0.717, 1.165) is 23.3 Å². The highest BCUT2D eigenvalue weighted by Gasteiger charge is 2.32. The molecular weight excluding hydrogens is 579 g/mol. The van der Waals surface area contributed by atoms with Gasteiger partial charge < -0.3 is 9.47 Å². The number of para-hydroxylation sites is 1. The van der Waals surface area contributed by atoms with Gasteiger partial charge in [0.05, 0.1) is 16.1 Å². The second-order valence-corrected chi connectivity index (χ2v) is 11.0. The maximum atomic E-state index is 13.6. The number of ether oxygens (including phenoxy) is 2. The van der Waals surface area contributed by atoms with Crippen molar-refractivity contribution in [2.75, 3.05) is 4.72 Å². The minimum atomic E-state index is -4.75. The van der Waals surface area contributed by atoms with Crippen molar-refractivity contribution in [2.45, 2.75) is 17.2 Å². The molecule has 0 aromatic heterocycles. The predicted molar refractivity (Wildman–Crippen MR) is 155 cm³/mol. The Morgan fingerprint density at radius 3 is 1.79 bits per heavy atom. The van der Waals surface area contributed by atoms with Crippen LogP contribution in [0.2, 0.25) is 0 Å². The third-order valence-electron chi connectivity index (χ3n) is 6.36. The first-order valence-corrected chi connectivity index (χ1v) is 14.5. The molecular formula is C33H24F3NO5S. The van der Waals surface area contributed by atoms with Crippen LogP contribution in [0.4, 0.5) is 18.9 Å². The highest BCUT2D eigenvalue weighted by Crippen LogP contribution is 2.39. The van der Waals surface area contributed by atoms with Crippen LogP contribution in [0.15, 0.2) is 138 Å². The Balaban J connectivity index is 1.49. The minimum Gasteiger partial charge on any atom is -0.454 e. The molecule has 0 aliphatic carbocycles.